The van der Waals surface area contributed by atoms with Crippen molar-refractivity contribution in [3.63, 3.8) is 0 Å². The number of phenols is 2. The monoisotopic (exact) mass is 630 g/mol. The summed E-state index contributed by atoms with van der Waals surface area (Å²) in [6.45, 7) is 7.80. The molecule has 3 N–H and O–H groups in total. The largest absolute Gasteiger partial charge is 0.507 e. The molecule has 194 valence electrons. The van der Waals surface area contributed by atoms with Crippen LogP contribution in [0.3, 0.4) is 0 Å². The molecule has 3 aromatic rings. The van der Waals surface area contributed by atoms with Crippen molar-refractivity contribution in [2.75, 3.05) is 0 Å². The summed E-state index contributed by atoms with van der Waals surface area (Å²) in [6, 6.07) is 7.45. The number of fused-ring (bicyclic) bond motifs is 1. The lowest BCUT2D eigenvalue weighted by Crippen LogP contribution is -2.33. The fraction of sp³-hybridized carbons (Fsp3) is 0.310. The number of phenolic OH excluding ortho intramolecular Hbond substituents is 2. The third-order valence-corrected chi connectivity index (χ3v) is 9.09. The second-order valence-corrected chi connectivity index (χ2v) is 10.6. The maximum atomic E-state index is 13.4. The smallest absolute Gasteiger partial charge is 0.340 e. The summed E-state index contributed by atoms with van der Waals surface area (Å²) in [5.74, 6) is -2.03. The molecule has 0 fully saturated rings. The Labute approximate surface area is 232 Å². The number of esters is 1. The van der Waals surface area contributed by atoms with E-state index in [1.54, 1.807) is 12.1 Å². The minimum absolute atomic E-state index is 0.0370. The first kappa shape index (κ1) is 27.2. The van der Waals surface area contributed by atoms with Crippen molar-refractivity contribution in [2.45, 2.75) is 59.0 Å². The number of aryl methyl sites for hydroxylation is 2. The van der Waals surface area contributed by atoms with Crippen LogP contribution in [0, 0.1) is 0 Å². The Balaban J connectivity index is 2.30. The molecule has 0 aliphatic carbocycles. The molecule has 8 heteroatoms. The molecule has 0 atom stereocenters. The van der Waals surface area contributed by atoms with Crippen molar-refractivity contribution in [2.24, 2.45) is 0 Å². The van der Waals surface area contributed by atoms with E-state index in [2.05, 4.69) is 31.9 Å². The van der Waals surface area contributed by atoms with E-state index in [1.807, 2.05) is 27.7 Å². The maximum Gasteiger partial charge on any atom is 0.340 e. The number of rotatable bonds is 7. The molecule has 0 spiro atoms. The van der Waals surface area contributed by atoms with Gasteiger partial charge in [0.05, 0.1) is 22.3 Å². The predicted molar refractivity (Wildman–Crippen MR) is 148 cm³/mol. The van der Waals surface area contributed by atoms with E-state index in [0.29, 0.717) is 47.9 Å². The first-order valence-corrected chi connectivity index (χ1v) is 13.8. The fourth-order valence-electron chi connectivity index (χ4n) is 5.37. The van der Waals surface area contributed by atoms with E-state index < -0.39 is 17.5 Å². The summed E-state index contributed by atoms with van der Waals surface area (Å²) < 4.78 is 7.77. The zero-order valence-corrected chi connectivity index (χ0v) is 24.2. The Morgan fingerprint density at radius 2 is 1.32 bits per heavy atom. The van der Waals surface area contributed by atoms with Crippen molar-refractivity contribution in [3.05, 3.63) is 89.3 Å². The zero-order valence-electron chi connectivity index (χ0n) is 21.0. The highest BCUT2D eigenvalue weighted by Gasteiger charge is 2.54. The van der Waals surface area contributed by atoms with Crippen LogP contribution in [-0.4, -0.2) is 27.3 Å². The van der Waals surface area contributed by atoms with E-state index in [-0.39, 0.29) is 28.2 Å². The third-order valence-electron chi connectivity index (χ3n) is 7.12. The highest BCUT2D eigenvalue weighted by molar-refractivity contribution is 9.10. The number of hydrogen-bond donors (Lipinski definition) is 3. The van der Waals surface area contributed by atoms with Gasteiger partial charge in [-0.3, -0.25) is 0 Å². The van der Waals surface area contributed by atoms with Gasteiger partial charge in [0, 0.05) is 14.5 Å². The van der Waals surface area contributed by atoms with Gasteiger partial charge in [0.15, 0.2) is 5.60 Å². The number of carboxylic acids is 1. The van der Waals surface area contributed by atoms with Crippen LogP contribution in [0.15, 0.2) is 39.3 Å². The Bertz CT molecular complexity index is 1380. The molecule has 0 bridgehead atoms. The van der Waals surface area contributed by atoms with Crippen molar-refractivity contribution in [1.82, 2.24) is 0 Å². The summed E-state index contributed by atoms with van der Waals surface area (Å²) in [4.78, 5) is 25.4. The molecule has 3 aromatic carbocycles. The topological polar surface area (TPSA) is 104 Å². The predicted octanol–water partition coefficient (Wildman–Crippen LogP) is 7.03. The molecule has 0 radical (unpaired) electrons. The number of carbonyl (C=O) groups is 2. The molecule has 0 aromatic heterocycles. The van der Waals surface area contributed by atoms with Gasteiger partial charge < -0.3 is 20.1 Å². The Hall–Kier alpha value is -2.84. The van der Waals surface area contributed by atoms with Crippen molar-refractivity contribution in [3.8, 4) is 11.5 Å². The Kier molecular flexibility index (Phi) is 7.45. The zero-order chi connectivity index (χ0) is 27.2. The number of halogens is 2. The number of aromatic hydroxyl groups is 2. The van der Waals surface area contributed by atoms with E-state index in [0.717, 1.165) is 20.1 Å². The summed E-state index contributed by atoms with van der Waals surface area (Å²) in [6.07, 6.45) is 2.24. The molecule has 37 heavy (non-hydrogen) atoms. The molecule has 1 heterocycles. The molecular weight excluding hydrogens is 604 g/mol. The summed E-state index contributed by atoms with van der Waals surface area (Å²) >= 11 is 7.39. The van der Waals surface area contributed by atoms with E-state index >= 15 is 0 Å². The van der Waals surface area contributed by atoms with Crippen LogP contribution in [0.5, 0.6) is 11.5 Å². The number of carbonyl (C=O) groups excluding carboxylic acids is 1. The number of ether oxygens (including phenoxy) is 1. The number of benzene rings is 3. The lowest BCUT2D eigenvalue weighted by molar-refractivity contribution is 0.0234. The first-order valence-electron chi connectivity index (χ1n) is 12.3. The fourth-order valence-corrected chi connectivity index (χ4v) is 7.12. The molecule has 1 aliphatic heterocycles. The average Bonchev–Trinajstić information content (AvgIpc) is 3.17. The van der Waals surface area contributed by atoms with Gasteiger partial charge in [-0.15, -0.1) is 0 Å². The molecule has 0 amide bonds. The van der Waals surface area contributed by atoms with Gasteiger partial charge in [-0.05, 0) is 78.3 Å². The van der Waals surface area contributed by atoms with Crippen molar-refractivity contribution < 1.29 is 29.6 Å². The quantitative estimate of drug-likeness (QED) is 0.242. The summed E-state index contributed by atoms with van der Waals surface area (Å²) in [5.41, 5.74) is 2.38. The Morgan fingerprint density at radius 3 is 1.73 bits per heavy atom. The second-order valence-electron chi connectivity index (χ2n) is 9.00. The molecule has 1 aliphatic rings. The number of hydrogen-bond acceptors (Lipinski definition) is 5. The highest BCUT2D eigenvalue weighted by Crippen LogP contribution is 2.56. The van der Waals surface area contributed by atoms with Crippen LogP contribution in [0.4, 0.5) is 0 Å². The second kappa shape index (κ2) is 10.1. The van der Waals surface area contributed by atoms with E-state index in [9.17, 15) is 24.9 Å². The lowest BCUT2D eigenvalue weighted by atomic mass is 9.73. The minimum atomic E-state index is -1.79. The van der Waals surface area contributed by atoms with Gasteiger partial charge in [0.1, 0.15) is 11.5 Å². The van der Waals surface area contributed by atoms with Gasteiger partial charge in [0.2, 0.25) is 0 Å². The van der Waals surface area contributed by atoms with Crippen LogP contribution in [0.1, 0.15) is 87.4 Å². The number of carboxylic acid groups (broad SMARTS) is 1. The van der Waals surface area contributed by atoms with Gasteiger partial charge in [-0.25, -0.2) is 9.59 Å². The van der Waals surface area contributed by atoms with Crippen LogP contribution in [0.25, 0.3) is 0 Å². The van der Waals surface area contributed by atoms with Crippen LogP contribution >= 0.6 is 31.9 Å². The maximum absolute atomic E-state index is 13.4. The van der Waals surface area contributed by atoms with Crippen LogP contribution in [-0.2, 0) is 36.0 Å². The van der Waals surface area contributed by atoms with Gasteiger partial charge in [-0.1, -0.05) is 59.6 Å². The summed E-state index contributed by atoms with van der Waals surface area (Å²) in [5, 5.41) is 32.9. The molecular formula is C29H28Br2O6. The summed E-state index contributed by atoms with van der Waals surface area (Å²) in [7, 11) is 0. The standard InChI is InChI=1S/C29H28Br2O6/c1-5-14-12-21(32)23(17(7-3)25(14)30)29(24-18(8-4)26(31)15(6-2)13-22(24)33)20-11-16(27(34)35)9-10-19(20)28(36)37-29/h9-13,32-33H,5-8H2,1-4H3,(H,34,35). The number of aromatic carboxylic acids is 1. The molecule has 6 nitrogen and oxygen atoms in total. The Morgan fingerprint density at radius 1 is 0.838 bits per heavy atom. The van der Waals surface area contributed by atoms with Gasteiger partial charge in [0.25, 0.3) is 0 Å². The number of cyclic esters (lactones) is 1. The third kappa shape index (κ3) is 4.05. The van der Waals surface area contributed by atoms with Crippen molar-refractivity contribution >= 4 is 43.8 Å². The van der Waals surface area contributed by atoms with E-state index in [1.165, 1.54) is 18.2 Å². The van der Waals surface area contributed by atoms with Gasteiger partial charge >= 0.3 is 11.9 Å². The van der Waals surface area contributed by atoms with Crippen LogP contribution in [0.2, 0.25) is 0 Å². The first-order chi connectivity index (χ1) is 17.6. The average molecular weight is 632 g/mol. The molecule has 0 saturated carbocycles. The SMILES string of the molecule is CCc1cc(O)c(C2(c3c(O)cc(CC)c(Br)c3CC)OC(=O)c3ccc(C(=O)O)cc32)c(CC)c1Br. The minimum Gasteiger partial charge on any atom is -0.507 e. The molecule has 0 unspecified atom stereocenters. The van der Waals surface area contributed by atoms with Gasteiger partial charge in [-0.2, -0.15) is 0 Å². The van der Waals surface area contributed by atoms with E-state index in [4.69, 9.17) is 4.74 Å². The lowest BCUT2D eigenvalue weighted by Gasteiger charge is -2.36. The van der Waals surface area contributed by atoms with Crippen LogP contribution < -0.4 is 0 Å². The molecule has 0 saturated heterocycles. The molecule has 4 rings (SSSR count). The normalized spacial score (nSPS) is 13.9. The highest BCUT2D eigenvalue weighted by atomic mass is 79.9. The van der Waals surface area contributed by atoms with Crippen molar-refractivity contribution in [1.29, 1.82) is 0 Å².